The molecule has 1 aliphatic rings. The molecule has 2 aromatic carbocycles. The Morgan fingerprint density at radius 2 is 1.96 bits per heavy atom. The number of phenolic OH excluding ortho intramolecular Hbond substituents is 1. The van der Waals surface area contributed by atoms with Crippen LogP contribution in [0.25, 0.3) is 11.1 Å². The third-order valence-corrected chi connectivity index (χ3v) is 4.88. The summed E-state index contributed by atoms with van der Waals surface area (Å²) in [4.78, 5) is 14.0. The minimum absolute atomic E-state index is 0.149. The van der Waals surface area contributed by atoms with Crippen molar-refractivity contribution >= 4 is 5.91 Å². The van der Waals surface area contributed by atoms with Gasteiger partial charge in [0.2, 0.25) is 5.91 Å². The molecule has 1 aliphatic heterocycles. The van der Waals surface area contributed by atoms with E-state index in [9.17, 15) is 14.3 Å². The normalized spacial score (nSPS) is 19.6. The molecule has 5 heteroatoms. The monoisotopic (exact) mass is 342 g/mol. The van der Waals surface area contributed by atoms with Crippen LogP contribution in [0.4, 0.5) is 4.39 Å². The number of hydrogen-bond acceptors (Lipinski definition) is 3. The summed E-state index contributed by atoms with van der Waals surface area (Å²) in [6.07, 6.45) is -0.543. The highest BCUT2D eigenvalue weighted by Crippen LogP contribution is 2.27. The fraction of sp³-hybridized carbons (Fsp3) is 0.350. The smallest absolute Gasteiger partial charge is 0.240 e. The van der Waals surface area contributed by atoms with Crippen molar-refractivity contribution < 1.29 is 14.3 Å². The quantitative estimate of drug-likeness (QED) is 0.897. The van der Waals surface area contributed by atoms with E-state index in [1.807, 2.05) is 37.3 Å². The zero-order valence-electron chi connectivity index (χ0n) is 14.2. The van der Waals surface area contributed by atoms with Crippen LogP contribution in [-0.4, -0.2) is 41.2 Å². The molecular weight excluding hydrogens is 319 g/mol. The van der Waals surface area contributed by atoms with Gasteiger partial charge in [0, 0.05) is 12.5 Å². The third-order valence-electron chi connectivity index (χ3n) is 4.88. The molecule has 1 amide bonds. The first-order valence-corrected chi connectivity index (χ1v) is 8.53. The molecule has 3 N–H and O–H groups in total. The molecule has 1 heterocycles. The molecule has 0 saturated carbocycles. The fourth-order valence-corrected chi connectivity index (χ4v) is 3.21. The van der Waals surface area contributed by atoms with E-state index in [4.69, 9.17) is 5.73 Å². The van der Waals surface area contributed by atoms with Crippen molar-refractivity contribution in [2.75, 3.05) is 13.1 Å². The topological polar surface area (TPSA) is 66.6 Å². The Morgan fingerprint density at radius 1 is 1.24 bits per heavy atom. The van der Waals surface area contributed by atoms with E-state index < -0.39 is 12.2 Å². The Balaban J connectivity index is 1.72. The Morgan fingerprint density at radius 3 is 2.56 bits per heavy atom. The van der Waals surface area contributed by atoms with Gasteiger partial charge in [0.1, 0.15) is 11.9 Å². The van der Waals surface area contributed by atoms with Crippen LogP contribution in [0.5, 0.6) is 5.75 Å². The van der Waals surface area contributed by atoms with Gasteiger partial charge in [-0.3, -0.25) is 4.79 Å². The first-order valence-electron chi connectivity index (χ1n) is 8.53. The van der Waals surface area contributed by atoms with Gasteiger partial charge in [0.25, 0.3) is 0 Å². The number of likely N-dealkylation sites (tertiary alicyclic amines) is 1. The number of phenols is 1. The molecule has 0 radical (unpaired) electrons. The van der Waals surface area contributed by atoms with Crippen molar-refractivity contribution in [1.82, 2.24) is 4.90 Å². The predicted octanol–water partition coefficient (Wildman–Crippen LogP) is 3.06. The molecule has 0 unspecified atom stereocenters. The number of carbonyl (C=O) groups excluding carboxylic acids is 1. The van der Waals surface area contributed by atoms with E-state index in [2.05, 4.69) is 0 Å². The Kier molecular flexibility index (Phi) is 5.04. The number of hydrogen-bond donors (Lipinski definition) is 2. The summed E-state index contributed by atoms with van der Waals surface area (Å²) in [5.74, 6) is -0.131. The van der Waals surface area contributed by atoms with Gasteiger partial charge in [-0.2, -0.15) is 0 Å². The zero-order chi connectivity index (χ0) is 18.0. The van der Waals surface area contributed by atoms with Crippen LogP contribution in [0.2, 0.25) is 0 Å². The van der Waals surface area contributed by atoms with E-state index >= 15 is 0 Å². The molecule has 3 atom stereocenters. The number of carbonyl (C=O) groups is 1. The highest BCUT2D eigenvalue weighted by molar-refractivity contribution is 5.83. The summed E-state index contributed by atoms with van der Waals surface area (Å²) in [5.41, 5.74) is 9.00. The number of nitrogens with two attached hydrogens (primary N) is 1. The van der Waals surface area contributed by atoms with Gasteiger partial charge < -0.3 is 15.7 Å². The lowest BCUT2D eigenvalue weighted by Crippen LogP contribution is -2.45. The van der Waals surface area contributed by atoms with Crippen molar-refractivity contribution in [3.05, 3.63) is 54.1 Å². The number of amides is 1. The second-order valence-electron chi connectivity index (χ2n) is 6.66. The molecule has 0 bridgehead atoms. The lowest BCUT2D eigenvalue weighted by Gasteiger charge is -2.25. The number of halogens is 1. The molecule has 0 aliphatic carbocycles. The average molecular weight is 342 g/mol. The maximum Gasteiger partial charge on any atom is 0.240 e. The summed E-state index contributed by atoms with van der Waals surface area (Å²) in [7, 11) is 0. The second kappa shape index (κ2) is 7.23. The molecule has 2 aromatic rings. The summed E-state index contributed by atoms with van der Waals surface area (Å²) >= 11 is 0. The van der Waals surface area contributed by atoms with Gasteiger partial charge in [0.15, 0.2) is 0 Å². The van der Waals surface area contributed by atoms with Gasteiger partial charge in [-0.1, -0.05) is 43.3 Å². The van der Waals surface area contributed by atoms with E-state index in [-0.39, 0.29) is 24.1 Å². The lowest BCUT2D eigenvalue weighted by atomic mass is 9.91. The highest BCUT2D eigenvalue weighted by atomic mass is 19.1. The lowest BCUT2D eigenvalue weighted by molar-refractivity contribution is -0.132. The summed E-state index contributed by atoms with van der Waals surface area (Å²) in [5, 5.41) is 9.59. The predicted molar refractivity (Wildman–Crippen MR) is 96.0 cm³/mol. The first kappa shape index (κ1) is 17.4. The standard InChI is InChI=1S/C20H23FN2O2/c1-13(19(22)20(25)23-10-9-17(21)12-23)14-5-7-15(8-6-14)16-3-2-4-18(24)11-16/h2-8,11,13,17,19,24H,9-10,12,22H2,1H3/t13-,17-,19-/m0/s1. The van der Waals surface area contributed by atoms with Crippen molar-refractivity contribution in [3.63, 3.8) is 0 Å². The van der Waals surface area contributed by atoms with Gasteiger partial charge in [-0.15, -0.1) is 0 Å². The van der Waals surface area contributed by atoms with Gasteiger partial charge in [-0.25, -0.2) is 4.39 Å². The van der Waals surface area contributed by atoms with Crippen LogP contribution in [-0.2, 0) is 4.79 Å². The molecule has 132 valence electrons. The van der Waals surface area contributed by atoms with Crippen molar-refractivity contribution in [2.45, 2.75) is 31.5 Å². The van der Waals surface area contributed by atoms with Gasteiger partial charge in [0.05, 0.1) is 12.6 Å². The third kappa shape index (κ3) is 3.82. The Labute approximate surface area is 147 Å². The maximum atomic E-state index is 13.3. The molecule has 1 fully saturated rings. The van der Waals surface area contributed by atoms with Crippen LogP contribution in [0.15, 0.2) is 48.5 Å². The van der Waals surface area contributed by atoms with Gasteiger partial charge in [-0.05, 0) is 35.2 Å². The Bertz CT molecular complexity index is 748. The minimum Gasteiger partial charge on any atom is -0.508 e. The van der Waals surface area contributed by atoms with Crippen molar-refractivity contribution in [3.8, 4) is 16.9 Å². The van der Waals surface area contributed by atoms with Crippen LogP contribution < -0.4 is 5.73 Å². The van der Waals surface area contributed by atoms with Crippen LogP contribution in [0.3, 0.4) is 0 Å². The maximum absolute atomic E-state index is 13.3. The highest BCUT2D eigenvalue weighted by Gasteiger charge is 2.31. The number of aromatic hydroxyl groups is 1. The average Bonchev–Trinajstić information content (AvgIpc) is 3.06. The molecule has 0 aromatic heterocycles. The SMILES string of the molecule is C[C@@H](c1ccc(-c2cccc(O)c2)cc1)[C@H](N)C(=O)N1CC[C@H](F)C1. The van der Waals surface area contributed by atoms with E-state index in [1.165, 1.54) is 4.90 Å². The largest absolute Gasteiger partial charge is 0.508 e. The molecule has 4 nitrogen and oxygen atoms in total. The van der Waals surface area contributed by atoms with Crippen molar-refractivity contribution in [2.24, 2.45) is 5.73 Å². The molecular formula is C20H23FN2O2. The molecule has 1 saturated heterocycles. The van der Waals surface area contributed by atoms with Gasteiger partial charge >= 0.3 is 0 Å². The second-order valence-corrected chi connectivity index (χ2v) is 6.66. The zero-order valence-corrected chi connectivity index (χ0v) is 14.2. The van der Waals surface area contributed by atoms with Crippen LogP contribution in [0, 0.1) is 0 Å². The van der Waals surface area contributed by atoms with E-state index in [1.54, 1.807) is 18.2 Å². The summed E-state index contributed by atoms with van der Waals surface area (Å²) in [6.45, 7) is 2.50. The van der Waals surface area contributed by atoms with E-state index in [0.717, 1.165) is 16.7 Å². The van der Waals surface area contributed by atoms with Crippen LogP contribution in [0.1, 0.15) is 24.8 Å². The first-order chi connectivity index (χ1) is 12.0. The number of rotatable bonds is 4. The molecule has 3 rings (SSSR count). The summed E-state index contributed by atoms with van der Waals surface area (Å²) in [6, 6.07) is 14.2. The fourth-order valence-electron chi connectivity index (χ4n) is 3.21. The van der Waals surface area contributed by atoms with E-state index in [0.29, 0.717) is 13.0 Å². The molecule has 25 heavy (non-hydrogen) atoms. The molecule has 0 spiro atoms. The van der Waals surface area contributed by atoms with Crippen molar-refractivity contribution in [1.29, 1.82) is 0 Å². The summed E-state index contributed by atoms with van der Waals surface area (Å²) < 4.78 is 13.3. The number of benzene rings is 2. The minimum atomic E-state index is -0.937. The van der Waals surface area contributed by atoms with Crippen LogP contribution >= 0.6 is 0 Å². The number of alkyl halides is 1. The Hall–Kier alpha value is -2.40. The number of nitrogens with zero attached hydrogens (tertiary/aromatic N) is 1.